The van der Waals surface area contributed by atoms with Gasteiger partial charge in [-0.05, 0) is 62.6 Å². The van der Waals surface area contributed by atoms with Crippen molar-refractivity contribution in [1.29, 1.82) is 0 Å². The fraction of sp³-hybridized carbons (Fsp3) is 0.636. The zero-order chi connectivity index (χ0) is 23.3. The van der Waals surface area contributed by atoms with Crippen molar-refractivity contribution in [2.45, 2.75) is 71.1 Å². The van der Waals surface area contributed by atoms with Gasteiger partial charge in [0.15, 0.2) is 5.82 Å². The molecule has 176 valence electrons. The van der Waals surface area contributed by atoms with Gasteiger partial charge in [-0.3, -0.25) is 0 Å². The van der Waals surface area contributed by atoms with Crippen LogP contribution in [0.1, 0.15) is 70.4 Å². The number of halogens is 2. The van der Waals surface area contributed by atoms with Crippen molar-refractivity contribution >= 4 is 6.09 Å². The second kappa shape index (κ2) is 10.3. The maximum atomic E-state index is 13.9. The Balaban J connectivity index is 1.65. The van der Waals surface area contributed by atoms with Gasteiger partial charge >= 0.3 is 6.09 Å². The van der Waals surface area contributed by atoms with Gasteiger partial charge in [-0.1, -0.05) is 19.4 Å². The van der Waals surface area contributed by atoms with Crippen molar-refractivity contribution < 1.29 is 18.3 Å². The first-order valence-corrected chi connectivity index (χ1v) is 11.1. The van der Waals surface area contributed by atoms with Crippen LogP contribution in [0.5, 0.6) is 0 Å². The first-order chi connectivity index (χ1) is 15.2. The molecule has 0 spiro atoms. The smallest absolute Gasteiger partial charge is 0.410 e. The van der Waals surface area contributed by atoms with E-state index in [0.717, 1.165) is 19.3 Å². The zero-order valence-electron chi connectivity index (χ0n) is 19.1. The third-order valence-electron chi connectivity index (χ3n) is 5.40. The average Bonchev–Trinajstić information content (AvgIpc) is 3.37. The van der Waals surface area contributed by atoms with E-state index < -0.39 is 17.2 Å². The third-order valence-corrected chi connectivity index (χ3v) is 5.40. The summed E-state index contributed by atoms with van der Waals surface area (Å²) in [5, 5.41) is 15.6. The number of amides is 1. The summed E-state index contributed by atoms with van der Waals surface area (Å²) in [6.45, 7) is 8.98. The molecule has 3 rings (SSSR count). The van der Waals surface area contributed by atoms with Crippen molar-refractivity contribution in [3.8, 4) is 0 Å². The normalized spacial score (nSPS) is 17.6. The van der Waals surface area contributed by atoms with Crippen LogP contribution in [0.25, 0.3) is 0 Å². The Bertz CT molecular complexity index is 894. The Morgan fingerprint density at radius 3 is 2.69 bits per heavy atom. The molecule has 2 atom stereocenters. The van der Waals surface area contributed by atoms with E-state index in [1.807, 2.05) is 20.8 Å². The van der Waals surface area contributed by atoms with Gasteiger partial charge in [0.2, 0.25) is 0 Å². The lowest BCUT2D eigenvalue weighted by molar-refractivity contribution is 0.0288. The lowest BCUT2D eigenvalue weighted by Crippen LogP contribution is -2.36. The summed E-state index contributed by atoms with van der Waals surface area (Å²) < 4.78 is 35.1. The molecule has 0 aliphatic carbocycles. The maximum Gasteiger partial charge on any atom is 0.410 e. The van der Waals surface area contributed by atoms with E-state index in [-0.39, 0.29) is 30.2 Å². The predicted molar refractivity (Wildman–Crippen MR) is 115 cm³/mol. The third kappa shape index (κ3) is 5.99. The molecule has 1 amide bonds. The van der Waals surface area contributed by atoms with Gasteiger partial charge in [-0.2, -0.15) is 0 Å². The first-order valence-electron chi connectivity index (χ1n) is 11.1. The van der Waals surface area contributed by atoms with E-state index in [9.17, 15) is 13.6 Å². The number of benzene rings is 1. The highest BCUT2D eigenvalue weighted by molar-refractivity contribution is 5.68. The molecular weight excluding hydrogens is 418 g/mol. The SMILES string of the molecule is CCCC(NCCc1c(F)cccc1F)c1nnnn1C1CCN(C(=O)OC(C)(C)C)C1. The fourth-order valence-corrected chi connectivity index (χ4v) is 3.88. The van der Waals surface area contributed by atoms with Crippen molar-refractivity contribution in [3.63, 3.8) is 0 Å². The van der Waals surface area contributed by atoms with E-state index in [2.05, 4.69) is 27.8 Å². The maximum absolute atomic E-state index is 13.9. The number of hydrogen-bond donors (Lipinski definition) is 1. The molecule has 2 aromatic rings. The van der Waals surface area contributed by atoms with E-state index in [1.54, 1.807) is 9.58 Å². The van der Waals surface area contributed by atoms with E-state index in [0.29, 0.717) is 25.5 Å². The van der Waals surface area contributed by atoms with E-state index in [1.165, 1.54) is 18.2 Å². The number of likely N-dealkylation sites (tertiary alicyclic amines) is 1. The molecule has 1 aromatic carbocycles. The monoisotopic (exact) mass is 450 g/mol. The zero-order valence-corrected chi connectivity index (χ0v) is 19.1. The molecule has 2 heterocycles. The summed E-state index contributed by atoms with van der Waals surface area (Å²) in [5.74, 6) is -0.425. The Morgan fingerprint density at radius 2 is 2.03 bits per heavy atom. The van der Waals surface area contributed by atoms with Crippen LogP contribution in [-0.2, 0) is 11.2 Å². The lowest BCUT2D eigenvalue weighted by atomic mass is 10.1. The van der Waals surface area contributed by atoms with Crippen LogP contribution in [0, 0.1) is 11.6 Å². The predicted octanol–water partition coefficient (Wildman–Crippen LogP) is 3.81. The largest absolute Gasteiger partial charge is 0.444 e. The number of ether oxygens (including phenoxy) is 1. The van der Waals surface area contributed by atoms with Gasteiger partial charge in [0, 0.05) is 25.2 Å². The molecule has 0 radical (unpaired) electrons. The average molecular weight is 451 g/mol. The molecule has 32 heavy (non-hydrogen) atoms. The molecular formula is C22H32F2N6O2. The molecule has 1 fully saturated rings. The topological polar surface area (TPSA) is 85.2 Å². The minimum absolute atomic E-state index is 0.0577. The summed E-state index contributed by atoms with van der Waals surface area (Å²) in [7, 11) is 0. The number of rotatable bonds is 8. The van der Waals surface area contributed by atoms with Crippen LogP contribution < -0.4 is 5.32 Å². The molecule has 1 aliphatic heterocycles. The van der Waals surface area contributed by atoms with Gasteiger partial charge in [0.25, 0.3) is 0 Å². The van der Waals surface area contributed by atoms with Crippen LogP contribution in [-0.4, -0.2) is 56.4 Å². The van der Waals surface area contributed by atoms with Crippen LogP contribution in [0.3, 0.4) is 0 Å². The van der Waals surface area contributed by atoms with Gasteiger partial charge in [0.1, 0.15) is 17.2 Å². The molecule has 10 heteroatoms. The van der Waals surface area contributed by atoms with Gasteiger partial charge in [-0.25, -0.2) is 18.3 Å². The van der Waals surface area contributed by atoms with Crippen LogP contribution in [0.2, 0.25) is 0 Å². The summed E-state index contributed by atoms with van der Waals surface area (Å²) in [5.41, 5.74) is -0.484. The van der Waals surface area contributed by atoms with Crippen molar-refractivity contribution in [2.24, 2.45) is 0 Å². The molecule has 2 unspecified atom stereocenters. The quantitative estimate of drug-likeness (QED) is 0.658. The van der Waals surface area contributed by atoms with Crippen molar-refractivity contribution in [1.82, 2.24) is 30.4 Å². The Kier molecular flexibility index (Phi) is 7.76. The molecule has 1 saturated heterocycles. The number of carbonyl (C=O) groups is 1. The minimum Gasteiger partial charge on any atom is -0.444 e. The summed E-state index contributed by atoms with van der Waals surface area (Å²) >= 11 is 0. The number of tetrazole rings is 1. The van der Waals surface area contributed by atoms with Crippen molar-refractivity contribution in [2.75, 3.05) is 19.6 Å². The molecule has 1 N–H and O–H groups in total. The second-order valence-corrected chi connectivity index (χ2v) is 9.10. The fourth-order valence-electron chi connectivity index (χ4n) is 3.88. The number of hydrogen-bond acceptors (Lipinski definition) is 6. The second-order valence-electron chi connectivity index (χ2n) is 9.10. The Hall–Kier alpha value is -2.62. The lowest BCUT2D eigenvalue weighted by Gasteiger charge is -2.24. The standard InChI is InChI=1S/C22H32F2N6O2/c1-5-7-19(25-12-10-16-17(23)8-6-9-18(16)24)20-26-27-28-30(20)15-11-13-29(14-15)21(31)32-22(2,3)4/h6,8-9,15,19,25H,5,7,10-14H2,1-4H3. The Morgan fingerprint density at radius 1 is 1.31 bits per heavy atom. The van der Waals surface area contributed by atoms with Crippen LogP contribution in [0.4, 0.5) is 13.6 Å². The van der Waals surface area contributed by atoms with Crippen molar-refractivity contribution in [3.05, 3.63) is 41.2 Å². The molecule has 0 saturated carbocycles. The molecule has 0 bridgehead atoms. The highest BCUT2D eigenvalue weighted by Crippen LogP contribution is 2.26. The minimum atomic E-state index is -0.553. The number of aromatic nitrogens is 4. The summed E-state index contributed by atoms with van der Waals surface area (Å²) in [4.78, 5) is 14.1. The van der Waals surface area contributed by atoms with Gasteiger partial charge in [-0.15, -0.1) is 5.10 Å². The van der Waals surface area contributed by atoms with Crippen LogP contribution >= 0.6 is 0 Å². The van der Waals surface area contributed by atoms with E-state index in [4.69, 9.17) is 4.74 Å². The number of nitrogens with one attached hydrogen (secondary N) is 1. The summed E-state index contributed by atoms with van der Waals surface area (Å²) in [6, 6.07) is 3.66. The Labute approximate surface area is 187 Å². The summed E-state index contributed by atoms with van der Waals surface area (Å²) in [6.07, 6.45) is 2.24. The highest BCUT2D eigenvalue weighted by atomic mass is 19.1. The van der Waals surface area contributed by atoms with Gasteiger partial charge < -0.3 is 15.0 Å². The highest BCUT2D eigenvalue weighted by Gasteiger charge is 2.33. The van der Waals surface area contributed by atoms with Crippen LogP contribution in [0.15, 0.2) is 18.2 Å². The van der Waals surface area contributed by atoms with Gasteiger partial charge in [0.05, 0.1) is 12.1 Å². The number of nitrogens with zero attached hydrogens (tertiary/aromatic N) is 5. The molecule has 8 nitrogen and oxygen atoms in total. The first kappa shape index (κ1) is 24.0. The molecule has 1 aliphatic rings. The molecule has 1 aromatic heterocycles. The van der Waals surface area contributed by atoms with E-state index >= 15 is 0 Å². The number of carbonyl (C=O) groups excluding carboxylic acids is 1.